The van der Waals surface area contributed by atoms with Crippen LogP contribution >= 0.6 is 0 Å². The molecule has 2 bridgehead atoms. The fourth-order valence-electron chi connectivity index (χ4n) is 4.60. The van der Waals surface area contributed by atoms with Gasteiger partial charge in [0.2, 0.25) is 0 Å². The second-order valence-corrected chi connectivity index (χ2v) is 8.16. The molecular formula is C23H22N4O3. The van der Waals surface area contributed by atoms with E-state index < -0.39 is 17.4 Å². The number of aromatic nitrogens is 2. The molecule has 6 rings (SSSR count). The fraction of sp³-hybridized carbons (Fsp3) is 0.348. The number of carbonyl (C=O) groups excluding carboxylic acids is 2. The van der Waals surface area contributed by atoms with Crippen LogP contribution < -0.4 is 11.1 Å². The van der Waals surface area contributed by atoms with Crippen LogP contribution in [0.15, 0.2) is 24.3 Å². The van der Waals surface area contributed by atoms with Crippen LogP contribution in [-0.4, -0.2) is 39.1 Å². The van der Waals surface area contributed by atoms with Crippen LogP contribution in [0.1, 0.15) is 70.2 Å². The Morgan fingerprint density at radius 1 is 1.30 bits per heavy atom. The lowest BCUT2D eigenvalue weighted by molar-refractivity contribution is 0.0933. The van der Waals surface area contributed by atoms with Crippen molar-refractivity contribution in [2.24, 2.45) is 5.73 Å². The van der Waals surface area contributed by atoms with Crippen molar-refractivity contribution in [1.82, 2.24) is 14.9 Å². The van der Waals surface area contributed by atoms with Crippen LogP contribution in [0.2, 0.25) is 0 Å². The van der Waals surface area contributed by atoms with E-state index >= 15 is 0 Å². The maximum atomic E-state index is 12.6. The lowest BCUT2D eigenvalue weighted by Gasteiger charge is -2.26. The van der Waals surface area contributed by atoms with Gasteiger partial charge in [-0.1, -0.05) is 24.0 Å². The highest BCUT2D eigenvalue weighted by atomic mass is 16.3. The van der Waals surface area contributed by atoms with Gasteiger partial charge in [0.15, 0.2) is 5.69 Å². The van der Waals surface area contributed by atoms with Crippen LogP contribution in [0.25, 0.3) is 17.0 Å². The fourth-order valence-corrected chi connectivity index (χ4v) is 4.60. The van der Waals surface area contributed by atoms with Gasteiger partial charge < -0.3 is 20.7 Å². The number of amides is 2. The lowest BCUT2D eigenvalue weighted by atomic mass is 9.86. The Bertz CT molecular complexity index is 1190. The van der Waals surface area contributed by atoms with Gasteiger partial charge in [-0.05, 0) is 55.4 Å². The van der Waals surface area contributed by atoms with Gasteiger partial charge in [0.1, 0.15) is 17.1 Å². The average Bonchev–Trinajstić information content (AvgIpc) is 3.24. The first kappa shape index (κ1) is 18.6. The number of imidazole rings is 1. The third-order valence-corrected chi connectivity index (χ3v) is 6.22. The van der Waals surface area contributed by atoms with Gasteiger partial charge in [-0.15, -0.1) is 0 Å². The van der Waals surface area contributed by atoms with E-state index in [2.05, 4.69) is 28.2 Å². The molecule has 2 aliphatic heterocycles. The van der Waals surface area contributed by atoms with E-state index in [-0.39, 0.29) is 17.4 Å². The van der Waals surface area contributed by atoms with E-state index in [4.69, 9.17) is 5.73 Å². The van der Waals surface area contributed by atoms with Crippen molar-refractivity contribution in [3.05, 3.63) is 46.8 Å². The van der Waals surface area contributed by atoms with Crippen LogP contribution in [0.4, 0.5) is 0 Å². The van der Waals surface area contributed by atoms with Gasteiger partial charge in [-0.2, -0.15) is 0 Å². The number of hydrogen-bond donors (Lipinski definition) is 3. The normalized spacial score (nSPS) is 19.9. The van der Waals surface area contributed by atoms with Crippen molar-refractivity contribution in [2.75, 3.05) is 7.05 Å². The molecule has 4 N–H and O–H groups in total. The van der Waals surface area contributed by atoms with E-state index in [1.807, 2.05) is 18.2 Å². The van der Waals surface area contributed by atoms with Crippen LogP contribution in [-0.2, 0) is 0 Å². The molecule has 152 valence electrons. The molecular weight excluding hydrogens is 380 g/mol. The number of aliphatic hydroxyl groups is 1. The number of allylic oxidation sites excluding steroid dienone is 2. The molecule has 0 saturated heterocycles. The van der Waals surface area contributed by atoms with Gasteiger partial charge >= 0.3 is 0 Å². The number of nitrogens with zero attached hydrogens (tertiary/aromatic N) is 2. The standard InChI is InChI=1S/C23H22N4O3/c1-25-22(29)19-18(20(24)28)26-21-17-10-13(6-9-23(30)7-2-3-8-23)4-5-16(17)14-11-15(12-14)27(19)21/h4-5,10-11,15,30H,2-3,7-8,12H2,1H3,(H2,24,28)(H,25,29). The number of rotatable bonds is 2. The average molecular weight is 402 g/mol. The molecule has 7 heteroatoms. The summed E-state index contributed by atoms with van der Waals surface area (Å²) >= 11 is 0. The summed E-state index contributed by atoms with van der Waals surface area (Å²) in [5, 5.41) is 13.1. The highest BCUT2D eigenvalue weighted by Gasteiger charge is 2.37. The minimum atomic E-state index is -0.916. The number of hydrogen-bond acceptors (Lipinski definition) is 4. The topological polar surface area (TPSA) is 110 Å². The first-order chi connectivity index (χ1) is 14.4. The van der Waals surface area contributed by atoms with Gasteiger partial charge in [0, 0.05) is 18.2 Å². The number of nitrogens with one attached hydrogen (secondary N) is 1. The minimum absolute atomic E-state index is 0.0317. The summed E-state index contributed by atoms with van der Waals surface area (Å²) in [6, 6.07) is 5.79. The van der Waals surface area contributed by atoms with Crippen molar-refractivity contribution < 1.29 is 14.7 Å². The number of benzene rings is 1. The van der Waals surface area contributed by atoms with Crippen molar-refractivity contribution in [2.45, 2.75) is 43.7 Å². The van der Waals surface area contributed by atoms with Crippen LogP contribution in [0.5, 0.6) is 0 Å². The molecule has 1 aromatic carbocycles. The van der Waals surface area contributed by atoms with Crippen molar-refractivity contribution in [3.63, 3.8) is 0 Å². The SMILES string of the molecule is CNC(=O)c1c(C(N)=O)nc2n1C1C=C(C1)c1ccc(C#CC3(O)CCCC3)cc1-2. The molecule has 7 nitrogen and oxygen atoms in total. The number of carbonyl (C=O) groups is 2. The zero-order chi connectivity index (χ0) is 21.0. The molecule has 0 radical (unpaired) electrons. The van der Waals surface area contributed by atoms with E-state index in [1.165, 1.54) is 12.6 Å². The number of nitrogens with two attached hydrogens (primary N) is 1. The summed E-state index contributed by atoms with van der Waals surface area (Å²) in [7, 11) is 1.52. The summed E-state index contributed by atoms with van der Waals surface area (Å²) in [6.07, 6.45) is 6.20. The molecule has 2 aromatic rings. The monoisotopic (exact) mass is 402 g/mol. The molecule has 0 spiro atoms. The van der Waals surface area contributed by atoms with Crippen molar-refractivity contribution in [3.8, 4) is 23.2 Å². The summed E-state index contributed by atoms with van der Waals surface area (Å²) < 4.78 is 1.80. The largest absolute Gasteiger partial charge is 0.378 e. The van der Waals surface area contributed by atoms with E-state index in [0.717, 1.165) is 36.0 Å². The van der Waals surface area contributed by atoms with Crippen LogP contribution in [0.3, 0.4) is 0 Å². The van der Waals surface area contributed by atoms with Crippen molar-refractivity contribution >= 4 is 17.4 Å². The quantitative estimate of drug-likeness (QED) is 0.668. The van der Waals surface area contributed by atoms with Crippen molar-refractivity contribution in [1.29, 1.82) is 0 Å². The molecule has 2 aliphatic carbocycles. The molecule has 1 atom stereocenters. The van der Waals surface area contributed by atoms with E-state index in [9.17, 15) is 14.7 Å². The molecule has 30 heavy (non-hydrogen) atoms. The molecule has 4 aliphatic rings. The Balaban J connectivity index is 1.68. The summed E-state index contributed by atoms with van der Waals surface area (Å²) in [5.74, 6) is 5.54. The number of primary amides is 1. The summed E-state index contributed by atoms with van der Waals surface area (Å²) in [4.78, 5) is 29.1. The summed E-state index contributed by atoms with van der Waals surface area (Å²) in [5.41, 5.74) is 8.53. The van der Waals surface area contributed by atoms with E-state index in [1.54, 1.807) is 4.57 Å². The molecule has 2 amide bonds. The minimum Gasteiger partial charge on any atom is -0.378 e. The first-order valence-corrected chi connectivity index (χ1v) is 10.2. The molecule has 1 saturated carbocycles. The molecule has 1 fully saturated rings. The lowest BCUT2D eigenvalue weighted by Crippen LogP contribution is -2.28. The Morgan fingerprint density at radius 3 is 2.70 bits per heavy atom. The first-order valence-electron chi connectivity index (χ1n) is 10.2. The second kappa shape index (κ2) is 6.57. The van der Waals surface area contributed by atoms with Gasteiger partial charge in [0.25, 0.3) is 11.8 Å². The molecule has 1 aromatic heterocycles. The molecule has 3 heterocycles. The maximum absolute atomic E-state index is 12.6. The third-order valence-electron chi connectivity index (χ3n) is 6.22. The highest BCUT2D eigenvalue weighted by Crippen LogP contribution is 2.47. The zero-order valence-corrected chi connectivity index (χ0v) is 16.7. The summed E-state index contributed by atoms with van der Waals surface area (Å²) in [6.45, 7) is 0. The van der Waals surface area contributed by atoms with Gasteiger partial charge in [-0.3, -0.25) is 9.59 Å². The predicted molar refractivity (Wildman–Crippen MR) is 111 cm³/mol. The smallest absolute Gasteiger partial charge is 0.270 e. The Kier molecular flexibility index (Phi) is 4.09. The van der Waals surface area contributed by atoms with E-state index in [0.29, 0.717) is 18.7 Å². The Morgan fingerprint density at radius 2 is 2.03 bits per heavy atom. The Hall–Kier alpha value is -3.37. The van der Waals surface area contributed by atoms with Gasteiger partial charge in [-0.25, -0.2) is 4.98 Å². The Labute approximate surface area is 174 Å². The zero-order valence-electron chi connectivity index (χ0n) is 16.7. The maximum Gasteiger partial charge on any atom is 0.270 e. The molecule has 1 unspecified atom stereocenters. The van der Waals surface area contributed by atoms with Gasteiger partial charge in [0.05, 0.1) is 6.04 Å². The third kappa shape index (κ3) is 2.76. The predicted octanol–water partition coefficient (Wildman–Crippen LogP) is 2.01. The van der Waals surface area contributed by atoms with Crippen LogP contribution in [0, 0.1) is 11.8 Å². The second-order valence-electron chi connectivity index (χ2n) is 8.16. The highest BCUT2D eigenvalue weighted by molar-refractivity contribution is 6.06.